The first-order valence-corrected chi connectivity index (χ1v) is 11.1. The summed E-state index contributed by atoms with van der Waals surface area (Å²) < 4.78 is 12.2. The molecule has 0 amide bonds. The molecule has 2 heteroatoms. The summed E-state index contributed by atoms with van der Waals surface area (Å²) in [6, 6.07) is 9.31. The molecule has 0 bridgehead atoms. The molecule has 1 saturated carbocycles. The van der Waals surface area contributed by atoms with E-state index in [-0.39, 0.29) is 6.10 Å². The van der Waals surface area contributed by atoms with Crippen LogP contribution in [0.1, 0.15) is 101 Å². The molecule has 0 N–H and O–H groups in total. The summed E-state index contributed by atoms with van der Waals surface area (Å²) in [4.78, 5) is 0. The zero-order valence-electron chi connectivity index (χ0n) is 16.9. The molecule has 0 aromatic heterocycles. The van der Waals surface area contributed by atoms with Crippen LogP contribution in [0.5, 0.6) is 0 Å². The van der Waals surface area contributed by atoms with Crippen molar-refractivity contribution in [3.05, 3.63) is 35.4 Å². The van der Waals surface area contributed by atoms with Gasteiger partial charge in [0, 0.05) is 0 Å². The smallest absolute Gasteiger partial charge is 0.106 e. The summed E-state index contributed by atoms with van der Waals surface area (Å²) in [6.45, 7) is 6.02. The van der Waals surface area contributed by atoms with Gasteiger partial charge in [0.25, 0.3) is 0 Å². The highest BCUT2D eigenvalue weighted by Crippen LogP contribution is 2.40. The van der Waals surface area contributed by atoms with Gasteiger partial charge in [0.05, 0.1) is 19.3 Å². The lowest BCUT2D eigenvalue weighted by molar-refractivity contribution is -0.137. The molecule has 3 rings (SSSR count). The second-order valence-electron chi connectivity index (χ2n) is 8.38. The van der Waals surface area contributed by atoms with E-state index in [1.54, 1.807) is 5.56 Å². The van der Waals surface area contributed by atoms with Crippen molar-refractivity contribution in [3.8, 4) is 0 Å². The number of rotatable bonds is 8. The van der Waals surface area contributed by atoms with E-state index in [2.05, 4.69) is 38.1 Å². The van der Waals surface area contributed by atoms with Crippen molar-refractivity contribution < 1.29 is 9.47 Å². The first-order chi connectivity index (χ1) is 12.8. The van der Waals surface area contributed by atoms with Crippen LogP contribution in [-0.4, -0.2) is 19.3 Å². The molecule has 2 nitrogen and oxygen atoms in total. The van der Waals surface area contributed by atoms with Gasteiger partial charge in [-0.2, -0.15) is 0 Å². The largest absolute Gasteiger partial charge is 0.373 e. The Morgan fingerprint density at radius 2 is 1.58 bits per heavy atom. The Morgan fingerprint density at radius 1 is 0.808 bits per heavy atom. The molecule has 1 aliphatic heterocycles. The van der Waals surface area contributed by atoms with E-state index in [0.717, 1.165) is 24.9 Å². The first kappa shape index (κ1) is 19.9. The Labute approximate surface area is 160 Å². The highest BCUT2D eigenvalue weighted by Gasteiger charge is 2.27. The standard InChI is InChI=1S/C24H38O2/c1-3-5-6-11-22-17-26-24(18-25-22)21-15-13-20(14-16-21)23-12-8-7-10-19(23)9-4-2/h13-16,19,22-24H,3-12,17-18H2,1-2H3. The summed E-state index contributed by atoms with van der Waals surface area (Å²) in [7, 11) is 0. The van der Waals surface area contributed by atoms with Crippen LogP contribution in [0.4, 0.5) is 0 Å². The fourth-order valence-electron chi connectivity index (χ4n) is 4.84. The quantitative estimate of drug-likeness (QED) is 0.476. The number of hydrogen-bond donors (Lipinski definition) is 0. The van der Waals surface area contributed by atoms with Gasteiger partial charge in [-0.1, -0.05) is 83.1 Å². The second kappa shape index (κ2) is 10.5. The molecule has 0 radical (unpaired) electrons. The molecular formula is C24H38O2. The van der Waals surface area contributed by atoms with E-state index in [1.165, 1.54) is 63.4 Å². The van der Waals surface area contributed by atoms with Gasteiger partial charge in [0.1, 0.15) is 6.10 Å². The Kier molecular flexibility index (Phi) is 8.01. The molecule has 2 aliphatic rings. The third-order valence-electron chi connectivity index (χ3n) is 6.40. The van der Waals surface area contributed by atoms with Gasteiger partial charge < -0.3 is 9.47 Å². The maximum atomic E-state index is 6.13. The minimum absolute atomic E-state index is 0.115. The van der Waals surface area contributed by atoms with E-state index >= 15 is 0 Å². The van der Waals surface area contributed by atoms with Crippen molar-refractivity contribution in [2.75, 3.05) is 13.2 Å². The summed E-state index contributed by atoms with van der Waals surface area (Å²) in [5.74, 6) is 1.65. The molecular weight excluding hydrogens is 320 g/mol. The fraction of sp³-hybridized carbons (Fsp3) is 0.750. The second-order valence-corrected chi connectivity index (χ2v) is 8.38. The van der Waals surface area contributed by atoms with Gasteiger partial charge in [-0.05, 0) is 42.2 Å². The monoisotopic (exact) mass is 358 g/mol. The average molecular weight is 359 g/mol. The van der Waals surface area contributed by atoms with Crippen molar-refractivity contribution in [2.24, 2.45) is 5.92 Å². The van der Waals surface area contributed by atoms with E-state index in [1.807, 2.05) is 0 Å². The number of unbranched alkanes of at least 4 members (excludes halogenated alkanes) is 2. The maximum absolute atomic E-state index is 6.13. The van der Waals surface area contributed by atoms with Crippen LogP contribution in [-0.2, 0) is 9.47 Å². The summed E-state index contributed by atoms with van der Waals surface area (Å²) in [6.07, 6.45) is 13.7. The third-order valence-corrected chi connectivity index (χ3v) is 6.40. The molecule has 1 saturated heterocycles. The van der Waals surface area contributed by atoms with E-state index in [4.69, 9.17) is 9.47 Å². The van der Waals surface area contributed by atoms with Crippen LogP contribution in [0.25, 0.3) is 0 Å². The Bertz CT molecular complexity index is 499. The van der Waals surface area contributed by atoms with Crippen LogP contribution in [0.15, 0.2) is 24.3 Å². The molecule has 2 fully saturated rings. The van der Waals surface area contributed by atoms with Crippen LogP contribution < -0.4 is 0 Å². The molecule has 1 aromatic carbocycles. The Hall–Kier alpha value is -0.860. The van der Waals surface area contributed by atoms with Crippen molar-refractivity contribution >= 4 is 0 Å². The van der Waals surface area contributed by atoms with E-state index < -0.39 is 0 Å². The molecule has 1 aliphatic carbocycles. The van der Waals surface area contributed by atoms with E-state index in [9.17, 15) is 0 Å². The zero-order chi connectivity index (χ0) is 18.2. The lowest BCUT2D eigenvalue weighted by atomic mass is 9.73. The highest BCUT2D eigenvalue weighted by molar-refractivity contribution is 5.28. The van der Waals surface area contributed by atoms with Crippen LogP contribution in [0.3, 0.4) is 0 Å². The maximum Gasteiger partial charge on any atom is 0.106 e. The van der Waals surface area contributed by atoms with Gasteiger partial charge in [-0.3, -0.25) is 0 Å². The lowest BCUT2D eigenvalue weighted by Crippen LogP contribution is -2.31. The van der Waals surface area contributed by atoms with Gasteiger partial charge >= 0.3 is 0 Å². The van der Waals surface area contributed by atoms with Crippen LogP contribution >= 0.6 is 0 Å². The van der Waals surface area contributed by atoms with Crippen LogP contribution in [0, 0.1) is 5.92 Å². The predicted octanol–water partition coefficient (Wildman–Crippen LogP) is 6.80. The molecule has 146 valence electrons. The Balaban J connectivity index is 1.53. The summed E-state index contributed by atoms with van der Waals surface area (Å²) in [5.41, 5.74) is 2.82. The number of benzene rings is 1. The molecule has 1 aromatic rings. The predicted molar refractivity (Wildman–Crippen MR) is 109 cm³/mol. The van der Waals surface area contributed by atoms with Gasteiger partial charge in [-0.15, -0.1) is 0 Å². The van der Waals surface area contributed by atoms with Gasteiger partial charge in [0.2, 0.25) is 0 Å². The lowest BCUT2D eigenvalue weighted by Gasteiger charge is -2.33. The van der Waals surface area contributed by atoms with Gasteiger partial charge in [-0.25, -0.2) is 0 Å². The first-order valence-electron chi connectivity index (χ1n) is 11.1. The minimum atomic E-state index is 0.115. The molecule has 0 spiro atoms. The van der Waals surface area contributed by atoms with Crippen molar-refractivity contribution in [1.82, 2.24) is 0 Å². The minimum Gasteiger partial charge on any atom is -0.373 e. The van der Waals surface area contributed by atoms with E-state index in [0.29, 0.717) is 12.7 Å². The zero-order valence-corrected chi connectivity index (χ0v) is 16.9. The normalized spacial score (nSPS) is 29.6. The summed E-state index contributed by atoms with van der Waals surface area (Å²) >= 11 is 0. The number of hydrogen-bond acceptors (Lipinski definition) is 2. The molecule has 4 unspecified atom stereocenters. The van der Waals surface area contributed by atoms with Crippen molar-refractivity contribution in [3.63, 3.8) is 0 Å². The Morgan fingerprint density at radius 3 is 2.27 bits per heavy atom. The topological polar surface area (TPSA) is 18.5 Å². The average Bonchev–Trinajstić information content (AvgIpc) is 2.70. The molecule has 4 atom stereocenters. The molecule has 26 heavy (non-hydrogen) atoms. The number of ether oxygens (including phenoxy) is 2. The van der Waals surface area contributed by atoms with Gasteiger partial charge in [0.15, 0.2) is 0 Å². The SMILES string of the molecule is CCCCCC1COC(c2ccc(C3CCCCC3CCC)cc2)CO1. The fourth-order valence-corrected chi connectivity index (χ4v) is 4.84. The summed E-state index contributed by atoms with van der Waals surface area (Å²) in [5, 5.41) is 0. The van der Waals surface area contributed by atoms with Crippen LogP contribution in [0.2, 0.25) is 0 Å². The third kappa shape index (κ3) is 5.33. The van der Waals surface area contributed by atoms with Crippen molar-refractivity contribution in [2.45, 2.75) is 96.2 Å². The van der Waals surface area contributed by atoms with Crippen molar-refractivity contribution in [1.29, 1.82) is 0 Å². The highest BCUT2D eigenvalue weighted by atomic mass is 16.6. The molecule has 1 heterocycles.